The summed E-state index contributed by atoms with van der Waals surface area (Å²) in [4.78, 5) is 17.0. The van der Waals surface area contributed by atoms with Crippen molar-refractivity contribution in [1.29, 1.82) is 0 Å². The van der Waals surface area contributed by atoms with E-state index in [1.807, 2.05) is 53.4 Å². The molecule has 43 heavy (non-hydrogen) atoms. The van der Waals surface area contributed by atoms with Crippen molar-refractivity contribution in [2.45, 2.75) is 13.8 Å². The topological polar surface area (TPSA) is 126 Å². The number of rotatable bonds is 15. The molecule has 0 aliphatic rings. The van der Waals surface area contributed by atoms with Crippen molar-refractivity contribution in [2.24, 2.45) is 0 Å². The van der Waals surface area contributed by atoms with Crippen LogP contribution in [-0.2, 0) is 9.47 Å². The fourth-order valence-corrected chi connectivity index (χ4v) is 4.39. The number of aliphatic hydroxyl groups is 2. The Morgan fingerprint density at radius 3 is 2.23 bits per heavy atom. The quantitative estimate of drug-likeness (QED) is 0.105. The molecule has 0 aliphatic carbocycles. The van der Waals surface area contributed by atoms with E-state index in [-0.39, 0.29) is 44.3 Å². The molecule has 2 aromatic carbocycles. The molecule has 0 bridgehead atoms. The Bertz CT molecular complexity index is 1410. The Labute approximate surface area is 276 Å². The number of anilines is 2. The summed E-state index contributed by atoms with van der Waals surface area (Å²) in [7, 11) is 0. The third-order valence-corrected chi connectivity index (χ3v) is 6.48. The number of hydrogen-bond donors (Lipinski definition) is 2. The SMILES string of the molecule is [CH2-]CO.[CH2-]COCCOCCN(CCO)c1ccc(-n2cc(-c3cc4cc(N(CC)CC)ccc4oc3=O)nn2)cc1.[U+2]. The normalized spacial score (nSPS) is 10.7. The van der Waals surface area contributed by atoms with Gasteiger partial charge in [-0.1, -0.05) is 18.4 Å². The van der Waals surface area contributed by atoms with Gasteiger partial charge >= 0.3 is 36.7 Å². The minimum absolute atomic E-state index is 0. The zero-order valence-electron chi connectivity index (χ0n) is 24.9. The smallest absolute Gasteiger partial charge is 0.428 e. The van der Waals surface area contributed by atoms with E-state index >= 15 is 0 Å². The maximum absolute atomic E-state index is 12.8. The molecule has 11 nitrogen and oxygen atoms in total. The van der Waals surface area contributed by atoms with Crippen molar-refractivity contribution in [3.05, 3.63) is 79.0 Å². The second kappa shape index (κ2) is 19.5. The van der Waals surface area contributed by atoms with Crippen molar-refractivity contribution in [3.8, 4) is 16.9 Å². The van der Waals surface area contributed by atoms with Gasteiger partial charge in [0.05, 0.1) is 43.9 Å². The van der Waals surface area contributed by atoms with Crippen LogP contribution in [0.1, 0.15) is 13.8 Å². The van der Waals surface area contributed by atoms with Crippen LogP contribution in [0.4, 0.5) is 11.4 Å². The molecule has 230 valence electrons. The second-order valence-corrected chi connectivity index (χ2v) is 9.07. The average Bonchev–Trinajstić information content (AvgIpc) is 3.49. The molecule has 0 saturated heterocycles. The maximum Gasteiger partial charge on any atom is 2.00 e. The molecule has 0 unspecified atom stereocenters. The van der Waals surface area contributed by atoms with Crippen molar-refractivity contribution in [3.63, 3.8) is 0 Å². The summed E-state index contributed by atoms with van der Waals surface area (Å²) in [6.07, 6.45) is 1.72. The number of fused-ring (bicyclic) bond motifs is 1. The van der Waals surface area contributed by atoms with Gasteiger partial charge in [0.25, 0.3) is 0 Å². The van der Waals surface area contributed by atoms with Crippen LogP contribution in [0, 0.1) is 45.0 Å². The standard InChI is InChI=1S/C29H36N5O5.C2H5O.U/c1-4-32(5-2)25-11-12-28-22(19-25)20-26(29(36)39-28)27-21-34(31-30-27)24-9-7-23(8-10-24)33(13-15-35)14-16-38-18-17-37-6-3;1-2-3;/h7-12,19-21,35H,3-6,13-18H2,1-2H3;3H,1-2H2;/q2*-1;+2. The van der Waals surface area contributed by atoms with Crippen molar-refractivity contribution in [2.75, 3.05) is 75.6 Å². The summed E-state index contributed by atoms with van der Waals surface area (Å²) in [5.74, 6) is 0. The predicted octanol–water partition coefficient (Wildman–Crippen LogP) is 3.37. The molecule has 0 spiro atoms. The van der Waals surface area contributed by atoms with Crippen molar-refractivity contribution >= 4 is 22.3 Å². The molecule has 0 aliphatic heterocycles. The van der Waals surface area contributed by atoms with Gasteiger partial charge in [0, 0.05) is 42.9 Å². The van der Waals surface area contributed by atoms with Crippen LogP contribution in [0.25, 0.3) is 27.9 Å². The Hall–Kier alpha value is -2.72. The van der Waals surface area contributed by atoms with E-state index in [1.165, 1.54) is 0 Å². The van der Waals surface area contributed by atoms with Gasteiger partial charge in [-0.25, -0.2) is 9.48 Å². The van der Waals surface area contributed by atoms with Crippen LogP contribution in [0.15, 0.2) is 63.9 Å². The number of aliphatic hydroxyl groups excluding tert-OH is 2. The molecule has 4 aromatic rings. The number of aromatic nitrogens is 3. The monoisotopic (exact) mass is 817 g/mol. The third-order valence-electron chi connectivity index (χ3n) is 6.48. The minimum atomic E-state index is -0.458. The Morgan fingerprint density at radius 1 is 0.907 bits per heavy atom. The number of nitrogens with zero attached hydrogens (tertiary/aromatic N) is 5. The second-order valence-electron chi connectivity index (χ2n) is 9.07. The molecule has 12 heteroatoms. The van der Waals surface area contributed by atoms with Gasteiger partial charge in [-0.3, -0.25) is 0 Å². The van der Waals surface area contributed by atoms with Crippen molar-refractivity contribution in [1.82, 2.24) is 15.0 Å². The first-order valence-electron chi connectivity index (χ1n) is 14.1. The van der Waals surface area contributed by atoms with Gasteiger partial charge in [-0.2, -0.15) is 0 Å². The molecule has 0 radical (unpaired) electrons. The molecular weight excluding hydrogens is 776 g/mol. The molecule has 2 heterocycles. The molecule has 2 aromatic heterocycles. The Morgan fingerprint density at radius 2 is 1.58 bits per heavy atom. The van der Waals surface area contributed by atoms with Gasteiger partial charge in [0.1, 0.15) is 11.3 Å². The van der Waals surface area contributed by atoms with E-state index in [4.69, 9.17) is 19.0 Å². The van der Waals surface area contributed by atoms with E-state index in [2.05, 4.69) is 42.9 Å². The summed E-state index contributed by atoms with van der Waals surface area (Å²) in [6, 6.07) is 15.4. The van der Waals surface area contributed by atoms with Gasteiger partial charge in [0.2, 0.25) is 0 Å². The molecular formula is C31H41N5O6U. The van der Waals surface area contributed by atoms with Crippen LogP contribution in [-0.4, -0.2) is 91.0 Å². The Kier molecular flexibility index (Phi) is 16.6. The fourth-order valence-electron chi connectivity index (χ4n) is 4.39. The molecule has 0 amide bonds. The zero-order valence-corrected chi connectivity index (χ0v) is 29.1. The van der Waals surface area contributed by atoms with Gasteiger partial charge in [-0.15, -0.1) is 5.10 Å². The molecule has 0 fully saturated rings. The summed E-state index contributed by atoms with van der Waals surface area (Å²) in [5.41, 5.74) is 3.68. The first kappa shape index (κ1) is 36.5. The third kappa shape index (κ3) is 10.5. The number of ether oxygens (including phenoxy) is 2. The zero-order chi connectivity index (χ0) is 30.3. The van der Waals surface area contributed by atoms with E-state index < -0.39 is 5.63 Å². The first-order valence-corrected chi connectivity index (χ1v) is 14.1. The maximum atomic E-state index is 12.8. The van der Waals surface area contributed by atoms with Gasteiger partial charge < -0.3 is 47.8 Å². The van der Waals surface area contributed by atoms with Crippen molar-refractivity contribution < 1.29 is 55.2 Å². The summed E-state index contributed by atoms with van der Waals surface area (Å²) >= 11 is 0. The average molecular weight is 818 g/mol. The van der Waals surface area contributed by atoms with E-state index in [0.717, 1.165) is 35.5 Å². The molecule has 0 saturated carbocycles. The first-order chi connectivity index (χ1) is 20.5. The van der Waals surface area contributed by atoms with E-state index in [1.54, 1.807) is 10.9 Å². The summed E-state index contributed by atoms with van der Waals surface area (Å²) in [5, 5.41) is 26.3. The van der Waals surface area contributed by atoms with Crippen LogP contribution in [0.2, 0.25) is 0 Å². The van der Waals surface area contributed by atoms with Gasteiger partial charge in [-0.05, 0) is 62.4 Å². The minimum Gasteiger partial charge on any atom is -0.428 e. The number of hydrogen-bond acceptors (Lipinski definition) is 10. The molecule has 4 rings (SSSR count). The summed E-state index contributed by atoms with van der Waals surface area (Å²) < 4.78 is 18.0. The van der Waals surface area contributed by atoms with Gasteiger partial charge in [0.15, 0.2) is 0 Å². The van der Waals surface area contributed by atoms with E-state index in [0.29, 0.717) is 56.4 Å². The van der Waals surface area contributed by atoms with Crippen LogP contribution >= 0.6 is 0 Å². The number of benzene rings is 2. The summed E-state index contributed by atoms with van der Waals surface area (Å²) in [6.45, 7) is 15.8. The largest absolute Gasteiger partial charge is 2.00 e. The van der Waals surface area contributed by atoms with Crippen LogP contribution in [0.3, 0.4) is 0 Å². The molecule has 2 N–H and O–H groups in total. The molecule has 0 atom stereocenters. The Balaban J connectivity index is 0.00000155. The van der Waals surface area contributed by atoms with E-state index in [9.17, 15) is 9.90 Å². The predicted molar refractivity (Wildman–Crippen MR) is 165 cm³/mol. The van der Waals surface area contributed by atoms with Crippen LogP contribution < -0.4 is 15.4 Å². The fraction of sp³-hybridized carbons (Fsp3) is 0.387. The van der Waals surface area contributed by atoms with Crippen LogP contribution in [0.5, 0.6) is 0 Å².